The van der Waals surface area contributed by atoms with Crippen LogP contribution in [0.1, 0.15) is 25.0 Å². The molecular weight excluding hydrogens is 570 g/mol. The summed E-state index contributed by atoms with van der Waals surface area (Å²) in [6.07, 6.45) is 1.69. The second-order valence-corrected chi connectivity index (χ2v) is 13.1. The standard InChI is InChI=1S/C31H35N5O6S/c1-20-29(34-18-31(2,19-37)33-3)30(39)35(16-24-23-9-7-6-8-22(23)11-13-27(24)42-4)25-12-10-21(15-32)14-26(25)36(20)28(38)17-43(5,40)41/h6-14,19-20,29,33-34H,16-18H2,1-5H3. The third-order valence-corrected chi connectivity index (χ3v) is 8.56. The normalized spacial score (nSPS) is 18.4. The van der Waals surface area contributed by atoms with Crippen LogP contribution in [0, 0.1) is 11.3 Å². The van der Waals surface area contributed by atoms with Gasteiger partial charge in [0.05, 0.1) is 48.2 Å². The fourth-order valence-corrected chi connectivity index (χ4v) is 5.88. The number of fused-ring (bicyclic) bond motifs is 2. The van der Waals surface area contributed by atoms with Crippen molar-refractivity contribution in [2.24, 2.45) is 0 Å². The molecule has 0 aliphatic carbocycles. The maximum absolute atomic E-state index is 14.6. The minimum atomic E-state index is -3.74. The number of rotatable bonds is 10. The van der Waals surface area contributed by atoms with E-state index in [0.29, 0.717) is 11.4 Å². The highest BCUT2D eigenvalue weighted by Crippen LogP contribution is 2.39. The van der Waals surface area contributed by atoms with Crippen LogP contribution in [0.4, 0.5) is 11.4 Å². The summed E-state index contributed by atoms with van der Waals surface area (Å²) in [4.78, 5) is 42.9. The Morgan fingerprint density at radius 3 is 2.51 bits per heavy atom. The van der Waals surface area contributed by atoms with Crippen LogP contribution in [0.2, 0.25) is 0 Å². The van der Waals surface area contributed by atoms with Crippen molar-refractivity contribution >= 4 is 50.1 Å². The molecule has 2 amide bonds. The van der Waals surface area contributed by atoms with Crippen molar-refractivity contribution in [3.8, 4) is 11.8 Å². The highest BCUT2D eigenvalue weighted by Gasteiger charge is 2.43. The van der Waals surface area contributed by atoms with E-state index in [0.717, 1.165) is 28.9 Å². The number of nitrogens with one attached hydrogen (secondary N) is 2. The molecule has 0 aromatic heterocycles. The molecule has 3 aromatic carbocycles. The molecule has 0 spiro atoms. The van der Waals surface area contributed by atoms with E-state index in [1.807, 2.05) is 36.4 Å². The summed E-state index contributed by atoms with van der Waals surface area (Å²) in [6, 6.07) is 16.1. The molecule has 43 heavy (non-hydrogen) atoms. The van der Waals surface area contributed by atoms with Gasteiger partial charge >= 0.3 is 0 Å². The smallest absolute Gasteiger partial charge is 0.246 e. The zero-order valence-electron chi connectivity index (χ0n) is 24.7. The number of nitrogens with zero attached hydrogens (tertiary/aromatic N) is 3. The van der Waals surface area contributed by atoms with E-state index in [4.69, 9.17) is 4.74 Å². The molecule has 3 unspecified atom stereocenters. The molecule has 0 saturated carbocycles. The van der Waals surface area contributed by atoms with E-state index in [9.17, 15) is 28.1 Å². The molecule has 11 nitrogen and oxygen atoms in total. The van der Waals surface area contributed by atoms with Crippen molar-refractivity contribution in [2.75, 3.05) is 42.5 Å². The predicted octanol–water partition coefficient (Wildman–Crippen LogP) is 2.17. The minimum absolute atomic E-state index is 0.0348. The Morgan fingerprint density at radius 2 is 1.88 bits per heavy atom. The Labute approximate surface area is 251 Å². The molecule has 0 bridgehead atoms. The summed E-state index contributed by atoms with van der Waals surface area (Å²) in [5.41, 5.74) is 0.471. The van der Waals surface area contributed by atoms with Gasteiger partial charge < -0.3 is 30.0 Å². The van der Waals surface area contributed by atoms with Crippen molar-refractivity contribution < 1.29 is 27.5 Å². The number of likely N-dealkylation sites (N-methyl/N-ethyl adjacent to an activating group) is 1. The van der Waals surface area contributed by atoms with E-state index in [1.54, 1.807) is 40.1 Å². The average Bonchev–Trinajstić information content (AvgIpc) is 3.06. The topological polar surface area (TPSA) is 149 Å². The summed E-state index contributed by atoms with van der Waals surface area (Å²) >= 11 is 0. The van der Waals surface area contributed by atoms with Crippen molar-refractivity contribution in [3.63, 3.8) is 0 Å². The van der Waals surface area contributed by atoms with Gasteiger partial charge in [-0.1, -0.05) is 30.3 Å². The number of aldehydes is 1. The average molecular weight is 606 g/mol. The van der Waals surface area contributed by atoms with Crippen LogP contribution in [0.15, 0.2) is 54.6 Å². The van der Waals surface area contributed by atoms with Gasteiger partial charge in [-0.3, -0.25) is 9.59 Å². The van der Waals surface area contributed by atoms with Crippen LogP contribution in [-0.4, -0.2) is 76.9 Å². The number of anilines is 2. The summed E-state index contributed by atoms with van der Waals surface area (Å²) in [5, 5.41) is 17.6. The summed E-state index contributed by atoms with van der Waals surface area (Å²) in [5.74, 6) is -1.40. The largest absolute Gasteiger partial charge is 0.496 e. The van der Waals surface area contributed by atoms with E-state index in [1.165, 1.54) is 15.9 Å². The molecule has 226 valence electrons. The van der Waals surface area contributed by atoms with Gasteiger partial charge in [-0.05, 0) is 55.9 Å². The van der Waals surface area contributed by atoms with E-state index in [2.05, 4.69) is 16.7 Å². The van der Waals surface area contributed by atoms with Gasteiger partial charge in [0.15, 0.2) is 9.84 Å². The zero-order chi connectivity index (χ0) is 31.5. The van der Waals surface area contributed by atoms with Gasteiger partial charge in [0, 0.05) is 18.4 Å². The second kappa shape index (κ2) is 12.5. The number of hydrogen-bond acceptors (Lipinski definition) is 9. The Morgan fingerprint density at radius 1 is 1.16 bits per heavy atom. The summed E-state index contributed by atoms with van der Waals surface area (Å²) in [6.45, 7) is 3.38. The molecule has 0 saturated heterocycles. The molecule has 0 fully saturated rings. The van der Waals surface area contributed by atoms with Crippen molar-refractivity contribution in [3.05, 3.63) is 65.7 Å². The second-order valence-electron chi connectivity index (χ2n) is 10.9. The Balaban J connectivity index is 1.95. The Bertz CT molecular complexity index is 1720. The van der Waals surface area contributed by atoms with Crippen LogP contribution >= 0.6 is 0 Å². The fraction of sp³-hybridized carbons (Fsp3) is 0.355. The van der Waals surface area contributed by atoms with Gasteiger partial charge in [-0.15, -0.1) is 0 Å². The number of ether oxygens (including phenoxy) is 1. The molecule has 1 aliphatic heterocycles. The van der Waals surface area contributed by atoms with Gasteiger partial charge in [0.25, 0.3) is 0 Å². The number of amides is 2. The van der Waals surface area contributed by atoms with Gasteiger partial charge in [-0.25, -0.2) is 8.42 Å². The molecule has 3 atom stereocenters. The number of carbonyl (C=O) groups excluding carboxylic acids is 3. The zero-order valence-corrected chi connectivity index (χ0v) is 25.6. The van der Waals surface area contributed by atoms with Crippen molar-refractivity contribution in [1.29, 1.82) is 5.26 Å². The third-order valence-electron chi connectivity index (χ3n) is 7.79. The third kappa shape index (κ3) is 6.54. The van der Waals surface area contributed by atoms with Gasteiger partial charge in [0.1, 0.15) is 23.8 Å². The molecule has 1 heterocycles. The maximum Gasteiger partial charge on any atom is 0.246 e. The van der Waals surface area contributed by atoms with Crippen LogP contribution in [0.3, 0.4) is 0 Å². The monoisotopic (exact) mass is 605 g/mol. The molecule has 4 rings (SSSR count). The van der Waals surface area contributed by atoms with Crippen LogP contribution < -0.4 is 25.2 Å². The number of carbonyl (C=O) groups is 3. The highest BCUT2D eigenvalue weighted by molar-refractivity contribution is 7.91. The van der Waals surface area contributed by atoms with Crippen LogP contribution in [0.25, 0.3) is 10.8 Å². The molecule has 1 aliphatic rings. The lowest BCUT2D eigenvalue weighted by molar-refractivity contribution is -0.122. The molecular formula is C31H35N5O6S. The number of nitriles is 1. The van der Waals surface area contributed by atoms with E-state index in [-0.39, 0.29) is 24.3 Å². The first-order valence-corrected chi connectivity index (χ1v) is 15.7. The Hall–Kier alpha value is -4.31. The quantitative estimate of drug-likeness (QED) is 0.332. The molecule has 0 radical (unpaired) electrons. The lowest BCUT2D eigenvalue weighted by Crippen LogP contribution is -2.61. The molecule has 2 N–H and O–H groups in total. The number of benzene rings is 3. The van der Waals surface area contributed by atoms with Crippen molar-refractivity contribution in [1.82, 2.24) is 10.6 Å². The molecule has 3 aromatic rings. The van der Waals surface area contributed by atoms with E-state index < -0.39 is 45.0 Å². The predicted molar refractivity (Wildman–Crippen MR) is 165 cm³/mol. The van der Waals surface area contributed by atoms with Gasteiger partial charge in [-0.2, -0.15) is 5.26 Å². The Kier molecular flexibility index (Phi) is 9.20. The van der Waals surface area contributed by atoms with Crippen LogP contribution in [0.5, 0.6) is 5.75 Å². The SMILES string of the molecule is CNC(C)(C=O)CNC1C(=O)N(Cc2c(OC)ccc3ccccc23)c2ccc(C#N)cc2N(C(=O)CS(C)(=O)=O)C1C. The fourth-order valence-electron chi connectivity index (χ4n) is 5.29. The first-order chi connectivity index (χ1) is 20.4. The highest BCUT2D eigenvalue weighted by atomic mass is 32.2. The van der Waals surface area contributed by atoms with Crippen molar-refractivity contribution in [2.45, 2.75) is 38.0 Å². The van der Waals surface area contributed by atoms with Crippen LogP contribution in [-0.2, 0) is 30.8 Å². The maximum atomic E-state index is 14.6. The number of sulfone groups is 1. The van der Waals surface area contributed by atoms with E-state index >= 15 is 0 Å². The summed E-state index contributed by atoms with van der Waals surface area (Å²) in [7, 11) is -0.582. The van der Waals surface area contributed by atoms with Gasteiger partial charge in [0.2, 0.25) is 11.8 Å². The summed E-state index contributed by atoms with van der Waals surface area (Å²) < 4.78 is 30.2. The first-order valence-electron chi connectivity index (χ1n) is 13.6. The number of hydrogen-bond donors (Lipinski definition) is 2. The lowest BCUT2D eigenvalue weighted by Gasteiger charge is -2.34. The lowest BCUT2D eigenvalue weighted by atomic mass is 10.0. The minimum Gasteiger partial charge on any atom is -0.496 e. The first kappa shape index (κ1) is 31.6. The number of methoxy groups -OCH3 is 1. The molecule has 12 heteroatoms.